The van der Waals surface area contributed by atoms with E-state index in [0.29, 0.717) is 30.1 Å². The number of aromatic nitrogens is 1. The van der Waals surface area contributed by atoms with Crippen LogP contribution >= 0.6 is 0 Å². The minimum atomic E-state index is -3.24. The van der Waals surface area contributed by atoms with Crippen LogP contribution in [0.5, 0.6) is 0 Å². The quantitative estimate of drug-likeness (QED) is 0.858. The van der Waals surface area contributed by atoms with Crippen LogP contribution in [-0.2, 0) is 16.4 Å². The molecule has 0 unspecified atom stereocenters. The topological polar surface area (TPSA) is 83.6 Å². The van der Waals surface area contributed by atoms with Crippen molar-refractivity contribution in [3.63, 3.8) is 0 Å². The molecule has 1 aromatic carbocycles. The van der Waals surface area contributed by atoms with Gasteiger partial charge in [0, 0.05) is 6.54 Å². The van der Waals surface area contributed by atoms with Gasteiger partial charge in [-0.3, -0.25) is 4.90 Å². The van der Waals surface area contributed by atoms with Gasteiger partial charge in [0.1, 0.15) is 5.52 Å². The monoisotopic (exact) mass is 298 g/mol. The molecule has 0 amide bonds. The lowest BCUT2D eigenvalue weighted by Crippen LogP contribution is -2.21. The van der Waals surface area contributed by atoms with Crippen LogP contribution in [0.1, 0.15) is 12.8 Å². The van der Waals surface area contributed by atoms with Gasteiger partial charge in [-0.25, -0.2) is 13.4 Å². The molecule has 0 saturated carbocycles. The molecular formula is C13H18N2O4S. The Morgan fingerprint density at radius 1 is 1.40 bits per heavy atom. The number of hydrogen-bond acceptors (Lipinski definition) is 6. The number of hydrogen-bond donors (Lipinski definition) is 1. The highest BCUT2D eigenvalue weighted by molar-refractivity contribution is 7.91. The number of aliphatic hydroxyl groups is 1. The maximum absolute atomic E-state index is 11.8. The molecule has 0 bridgehead atoms. The standard InChI is InChI=1S/C13H18N2O4S/c1-3-20(17,18)10-4-5-12-11(8-10)14-13(19-12)9-15(2)6-7-16/h4-5,8,16H,3,6-7,9H2,1-2H3. The van der Waals surface area contributed by atoms with E-state index in [1.54, 1.807) is 13.0 Å². The normalized spacial score (nSPS) is 12.4. The SMILES string of the molecule is CCS(=O)(=O)c1ccc2oc(CN(C)CCO)nc2c1. The molecule has 1 N–H and O–H groups in total. The van der Waals surface area contributed by atoms with Crippen molar-refractivity contribution in [2.45, 2.75) is 18.4 Å². The first-order valence-electron chi connectivity index (χ1n) is 6.38. The summed E-state index contributed by atoms with van der Waals surface area (Å²) < 4.78 is 29.2. The van der Waals surface area contributed by atoms with Gasteiger partial charge in [0.05, 0.1) is 23.8 Å². The molecule has 1 heterocycles. The Morgan fingerprint density at radius 3 is 2.80 bits per heavy atom. The Morgan fingerprint density at radius 2 is 2.15 bits per heavy atom. The molecule has 0 fully saturated rings. The van der Waals surface area contributed by atoms with Gasteiger partial charge in [0.25, 0.3) is 0 Å². The molecule has 0 spiro atoms. The molecular weight excluding hydrogens is 280 g/mol. The van der Waals surface area contributed by atoms with E-state index in [-0.39, 0.29) is 17.3 Å². The predicted molar refractivity (Wildman–Crippen MR) is 75.2 cm³/mol. The van der Waals surface area contributed by atoms with Crippen LogP contribution < -0.4 is 0 Å². The molecule has 0 atom stereocenters. The zero-order chi connectivity index (χ0) is 14.8. The first kappa shape index (κ1) is 15.0. The molecule has 7 heteroatoms. The number of sulfone groups is 1. The van der Waals surface area contributed by atoms with Crippen molar-refractivity contribution in [3.8, 4) is 0 Å². The van der Waals surface area contributed by atoms with E-state index in [0.717, 1.165) is 0 Å². The second-order valence-corrected chi connectivity index (χ2v) is 6.88. The first-order chi connectivity index (χ1) is 9.46. The van der Waals surface area contributed by atoms with Crippen molar-refractivity contribution >= 4 is 20.9 Å². The van der Waals surface area contributed by atoms with Gasteiger partial charge >= 0.3 is 0 Å². The highest BCUT2D eigenvalue weighted by Crippen LogP contribution is 2.21. The average Bonchev–Trinajstić information content (AvgIpc) is 2.79. The summed E-state index contributed by atoms with van der Waals surface area (Å²) in [4.78, 5) is 6.42. The molecule has 0 saturated heterocycles. The molecule has 0 aliphatic rings. The van der Waals surface area contributed by atoms with Gasteiger partial charge in [0.2, 0.25) is 5.89 Å². The number of nitrogens with zero attached hydrogens (tertiary/aromatic N) is 2. The third-order valence-electron chi connectivity index (χ3n) is 3.03. The Hall–Kier alpha value is -1.44. The Bertz CT molecular complexity index is 693. The summed E-state index contributed by atoms with van der Waals surface area (Å²) in [7, 11) is -1.39. The van der Waals surface area contributed by atoms with Crippen LogP contribution in [0.2, 0.25) is 0 Å². The predicted octanol–water partition coefficient (Wildman–Crippen LogP) is 1.05. The summed E-state index contributed by atoms with van der Waals surface area (Å²) in [6.45, 7) is 2.66. The third-order valence-corrected chi connectivity index (χ3v) is 4.76. The van der Waals surface area contributed by atoms with E-state index in [9.17, 15) is 8.42 Å². The minimum absolute atomic E-state index is 0.0580. The van der Waals surface area contributed by atoms with Crippen molar-refractivity contribution in [1.82, 2.24) is 9.88 Å². The summed E-state index contributed by atoms with van der Waals surface area (Å²) >= 11 is 0. The maximum Gasteiger partial charge on any atom is 0.209 e. The summed E-state index contributed by atoms with van der Waals surface area (Å²) in [5.41, 5.74) is 1.10. The van der Waals surface area contributed by atoms with Crippen LogP contribution in [0.15, 0.2) is 27.5 Å². The van der Waals surface area contributed by atoms with E-state index in [1.807, 2.05) is 11.9 Å². The number of oxazole rings is 1. The van der Waals surface area contributed by atoms with E-state index in [4.69, 9.17) is 9.52 Å². The van der Waals surface area contributed by atoms with E-state index < -0.39 is 9.84 Å². The van der Waals surface area contributed by atoms with E-state index in [2.05, 4.69) is 4.98 Å². The third kappa shape index (κ3) is 3.17. The van der Waals surface area contributed by atoms with Crippen molar-refractivity contribution in [2.24, 2.45) is 0 Å². The van der Waals surface area contributed by atoms with Crippen molar-refractivity contribution in [1.29, 1.82) is 0 Å². The van der Waals surface area contributed by atoms with Gasteiger partial charge in [-0.15, -0.1) is 0 Å². The van der Waals surface area contributed by atoms with Gasteiger partial charge < -0.3 is 9.52 Å². The summed E-state index contributed by atoms with van der Waals surface area (Å²) in [5, 5.41) is 8.85. The highest BCUT2D eigenvalue weighted by atomic mass is 32.2. The molecule has 0 aliphatic heterocycles. The number of likely N-dealkylation sites (N-methyl/N-ethyl adjacent to an activating group) is 1. The van der Waals surface area contributed by atoms with Gasteiger partial charge in [-0.2, -0.15) is 0 Å². The van der Waals surface area contributed by atoms with Crippen LogP contribution in [0, 0.1) is 0 Å². The van der Waals surface area contributed by atoms with Gasteiger partial charge in [-0.1, -0.05) is 6.92 Å². The molecule has 2 rings (SSSR count). The van der Waals surface area contributed by atoms with Gasteiger partial charge in [-0.05, 0) is 25.2 Å². The molecule has 20 heavy (non-hydrogen) atoms. The second kappa shape index (κ2) is 5.90. The number of fused-ring (bicyclic) bond motifs is 1. The molecule has 2 aromatic rings. The largest absolute Gasteiger partial charge is 0.439 e. The fraction of sp³-hybridized carbons (Fsp3) is 0.462. The fourth-order valence-electron chi connectivity index (χ4n) is 1.86. The molecule has 0 radical (unpaired) electrons. The second-order valence-electron chi connectivity index (χ2n) is 4.60. The first-order valence-corrected chi connectivity index (χ1v) is 8.03. The number of benzene rings is 1. The molecule has 6 nitrogen and oxygen atoms in total. The van der Waals surface area contributed by atoms with Crippen LogP contribution in [0.25, 0.3) is 11.1 Å². The smallest absolute Gasteiger partial charge is 0.209 e. The van der Waals surface area contributed by atoms with Crippen molar-refractivity contribution < 1.29 is 17.9 Å². The van der Waals surface area contributed by atoms with E-state index in [1.165, 1.54) is 12.1 Å². The summed E-state index contributed by atoms with van der Waals surface area (Å²) in [6.07, 6.45) is 0. The zero-order valence-electron chi connectivity index (χ0n) is 11.5. The fourth-order valence-corrected chi connectivity index (χ4v) is 2.76. The maximum atomic E-state index is 11.8. The lowest BCUT2D eigenvalue weighted by Gasteiger charge is -2.11. The number of aliphatic hydroxyl groups excluding tert-OH is 1. The Labute approximate surface area is 117 Å². The Kier molecular flexibility index (Phi) is 4.42. The summed E-state index contributed by atoms with van der Waals surface area (Å²) in [6, 6.07) is 4.70. The van der Waals surface area contributed by atoms with Crippen LogP contribution in [0.4, 0.5) is 0 Å². The van der Waals surface area contributed by atoms with E-state index >= 15 is 0 Å². The van der Waals surface area contributed by atoms with Crippen LogP contribution in [-0.4, -0.2) is 49.4 Å². The average molecular weight is 298 g/mol. The van der Waals surface area contributed by atoms with Gasteiger partial charge in [0.15, 0.2) is 15.4 Å². The molecule has 0 aliphatic carbocycles. The minimum Gasteiger partial charge on any atom is -0.439 e. The molecule has 1 aromatic heterocycles. The molecule has 110 valence electrons. The zero-order valence-corrected chi connectivity index (χ0v) is 12.4. The number of rotatable bonds is 6. The van der Waals surface area contributed by atoms with Crippen molar-refractivity contribution in [3.05, 3.63) is 24.1 Å². The lowest BCUT2D eigenvalue weighted by molar-refractivity contribution is 0.207. The summed E-state index contributed by atoms with van der Waals surface area (Å²) in [5.74, 6) is 0.560. The Balaban J connectivity index is 2.31. The lowest BCUT2D eigenvalue weighted by atomic mass is 10.3. The highest BCUT2D eigenvalue weighted by Gasteiger charge is 2.15. The van der Waals surface area contributed by atoms with Crippen molar-refractivity contribution in [2.75, 3.05) is 26.0 Å². The van der Waals surface area contributed by atoms with Crippen LogP contribution in [0.3, 0.4) is 0 Å².